The number of halogens is 1. The van der Waals surface area contributed by atoms with Gasteiger partial charge in [-0.25, -0.2) is 4.39 Å². The maximum absolute atomic E-state index is 12.8. The first-order chi connectivity index (χ1) is 9.22. The van der Waals surface area contributed by atoms with E-state index in [4.69, 9.17) is 0 Å². The van der Waals surface area contributed by atoms with Crippen LogP contribution in [-0.4, -0.2) is 14.7 Å². The predicted octanol–water partition coefficient (Wildman–Crippen LogP) is 3.08. The lowest BCUT2D eigenvalue weighted by Gasteiger charge is -2.04. The van der Waals surface area contributed by atoms with Gasteiger partial charge in [0.05, 0.1) is 11.7 Å². The number of anilines is 1. The summed E-state index contributed by atoms with van der Waals surface area (Å²) >= 11 is 1.12. The number of nitrogens with zero attached hydrogens (tertiary/aromatic N) is 2. The summed E-state index contributed by atoms with van der Waals surface area (Å²) in [6.07, 6.45) is 0. The van der Waals surface area contributed by atoms with Gasteiger partial charge in [0.15, 0.2) is 0 Å². The molecule has 3 rings (SSSR count). The van der Waals surface area contributed by atoms with Gasteiger partial charge in [0.1, 0.15) is 16.9 Å². The average Bonchev–Trinajstić information content (AvgIpc) is 2.87. The van der Waals surface area contributed by atoms with Gasteiger partial charge in [-0.3, -0.25) is 4.79 Å². The van der Waals surface area contributed by atoms with Gasteiger partial charge in [0, 0.05) is 11.3 Å². The number of nitrogens with one attached hydrogen (secondary N) is 1. The molecule has 0 aliphatic heterocycles. The number of amides is 1. The standard InChI is InChI=1S/C13H8FN3OS/c14-9-3-1-8(2-4-9)13(18)15-10-5-6-11-12(7-10)17-19-16-11/h1-7H,(H,15,18). The highest BCUT2D eigenvalue weighted by atomic mass is 32.1. The quantitative estimate of drug-likeness (QED) is 0.780. The molecule has 19 heavy (non-hydrogen) atoms. The second kappa shape index (κ2) is 4.74. The van der Waals surface area contributed by atoms with Crippen molar-refractivity contribution in [3.63, 3.8) is 0 Å². The van der Waals surface area contributed by atoms with Gasteiger partial charge in [-0.15, -0.1) is 0 Å². The molecule has 0 unspecified atom stereocenters. The minimum absolute atomic E-state index is 0.289. The molecule has 0 saturated heterocycles. The van der Waals surface area contributed by atoms with Crippen LogP contribution in [0.15, 0.2) is 42.5 Å². The SMILES string of the molecule is O=C(Nc1ccc2nsnc2c1)c1ccc(F)cc1. The van der Waals surface area contributed by atoms with Crippen LogP contribution in [-0.2, 0) is 0 Å². The number of rotatable bonds is 2. The number of carbonyl (C=O) groups is 1. The van der Waals surface area contributed by atoms with Crippen LogP contribution < -0.4 is 5.32 Å². The van der Waals surface area contributed by atoms with Gasteiger partial charge in [-0.05, 0) is 42.5 Å². The van der Waals surface area contributed by atoms with Gasteiger partial charge >= 0.3 is 0 Å². The number of benzene rings is 2. The molecule has 0 bridgehead atoms. The zero-order valence-electron chi connectivity index (χ0n) is 9.63. The van der Waals surface area contributed by atoms with Crippen molar-refractivity contribution in [3.8, 4) is 0 Å². The Balaban J connectivity index is 1.83. The van der Waals surface area contributed by atoms with Crippen LogP contribution in [0.1, 0.15) is 10.4 Å². The maximum atomic E-state index is 12.8. The van der Waals surface area contributed by atoms with Crippen molar-refractivity contribution in [2.24, 2.45) is 0 Å². The molecule has 0 spiro atoms. The monoisotopic (exact) mass is 273 g/mol. The lowest BCUT2D eigenvalue weighted by atomic mass is 10.2. The molecule has 4 nitrogen and oxygen atoms in total. The van der Waals surface area contributed by atoms with Gasteiger partial charge in [0.25, 0.3) is 5.91 Å². The van der Waals surface area contributed by atoms with E-state index in [9.17, 15) is 9.18 Å². The molecular weight excluding hydrogens is 265 g/mol. The summed E-state index contributed by atoms with van der Waals surface area (Å²) < 4.78 is 21.0. The molecule has 6 heteroatoms. The third-order valence-electron chi connectivity index (χ3n) is 2.62. The summed E-state index contributed by atoms with van der Waals surface area (Å²) in [5.74, 6) is -0.658. The molecule has 0 fully saturated rings. The minimum Gasteiger partial charge on any atom is -0.322 e. The Hall–Kier alpha value is -2.34. The van der Waals surface area contributed by atoms with Gasteiger partial charge in [-0.2, -0.15) is 8.75 Å². The molecule has 2 aromatic carbocycles. The molecule has 0 aliphatic carbocycles. The first kappa shape index (κ1) is 11.7. The summed E-state index contributed by atoms with van der Waals surface area (Å²) in [5, 5.41) is 2.74. The average molecular weight is 273 g/mol. The van der Waals surface area contributed by atoms with Crippen LogP contribution in [0.5, 0.6) is 0 Å². The van der Waals surface area contributed by atoms with E-state index in [0.29, 0.717) is 11.3 Å². The van der Waals surface area contributed by atoms with E-state index in [1.165, 1.54) is 24.3 Å². The van der Waals surface area contributed by atoms with Crippen molar-refractivity contribution < 1.29 is 9.18 Å². The number of hydrogen-bond donors (Lipinski definition) is 1. The van der Waals surface area contributed by atoms with Crippen LogP contribution >= 0.6 is 11.7 Å². The zero-order valence-corrected chi connectivity index (χ0v) is 10.4. The largest absolute Gasteiger partial charge is 0.322 e. The highest BCUT2D eigenvalue weighted by Gasteiger charge is 2.07. The van der Waals surface area contributed by atoms with Gasteiger partial charge < -0.3 is 5.32 Å². The van der Waals surface area contributed by atoms with E-state index in [-0.39, 0.29) is 11.7 Å². The zero-order chi connectivity index (χ0) is 13.2. The molecule has 3 aromatic rings. The third kappa shape index (κ3) is 2.43. The highest BCUT2D eigenvalue weighted by molar-refractivity contribution is 7.00. The molecule has 0 saturated carbocycles. The predicted molar refractivity (Wildman–Crippen MR) is 71.8 cm³/mol. The van der Waals surface area contributed by atoms with E-state index in [1.54, 1.807) is 18.2 Å². The Kier molecular flexibility index (Phi) is 2.92. The molecule has 0 aliphatic rings. The molecule has 0 atom stereocenters. The molecule has 1 aromatic heterocycles. The Morgan fingerprint density at radius 3 is 2.58 bits per heavy atom. The fourth-order valence-electron chi connectivity index (χ4n) is 1.66. The van der Waals surface area contributed by atoms with Crippen LogP contribution in [0.4, 0.5) is 10.1 Å². The third-order valence-corrected chi connectivity index (χ3v) is 3.17. The van der Waals surface area contributed by atoms with Crippen molar-refractivity contribution in [1.82, 2.24) is 8.75 Å². The van der Waals surface area contributed by atoms with Gasteiger partial charge in [-0.1, -0.05) is 0 Å². The molecule has 94 valence electrons. The van der Waals surface area contributed by atoms with Crippen molar-refractivity contribution in [2.75, 3.05) is 5.32 Å². The second-order valence-electron chi connectivity index (χ2n) is 3.93. The number of aromatic nitrogens is 2. The summed E-state index contributed by atoms with van der Waals surface area (Å²) in [7, 11) is 0. The van der Waals surface area contributed by atoms with E-state index in [0.717, 1.165) is 22.8 Å². The van der Waals surface area contributed by atoms with Crippen LogP contribution in [0, 0.1) is 5.82 Å². The lowest BCUT2D eigenvalue weighted by molar-refractivity contribution is 0.102. The minimum atomic E-state index is -0.369. The summed E-state index contributed by atoms with van der Waals surface area (Å²) in [6, 6.07) is 10.7. The molecule has 1 heterocycles. The van der Waals surface area contributed by atoms with E-state index >= 15 is 0 Å². The highest BCUT2D eigenvalue weighted by Crippen LogP contribution is 2.17. The van der Waals surface area contributed by atoms with E-state index in [2.05, 4.69) is 14.1 Å². The molecular formula is C13H8FN3OS. The fraction of sp³-hybridized carbons (Fsp3) is 0. The Morgan fingerprint density at radius 1 is 1.05 bits per heavy atom. The fourth-order valence-corrected chi connectivity index (χ4v) is 2.18. The number of fused-ring (bicyclic) bond motifs is 1. The van der Waals surface area contributed by atoms with Crippen LogP contribution in [0.3, 0.4) is 0 Å². The van der Waals surface area contributed by atoms with Gasteiger partial charge in [0.2, 0.25) is 0 Å². The van der Waals surface area contributed by atoms with Crippen molar-refractivity contribution in [1.29, 1.82) is 0 Å². The Bertz CT molecular complexity index is 739. The summed E-state index contributed by atoms with van der Waals surface area (Å²) in [4.78, 5) is 11.9. The normalized spacial score (nSPS) is 10.6. The number of carbonyl (C=O) groups excluding carboxylic acids is 1. The Labute approximate surface area is 112 Å². The van der Waals surface area contributed by atoms with Crippen LogP contribution in [0.25, 0.3) is 11.0 Å². The Morgan fingerprint density at radius 2 is 1.79 bits per heavy atom. The lowest BCUT2D eigenvalue weighted by Crippen LogP contribution is -2.11. The van der Waals surface area contributed by atoms with E-state index < -0.39 is 0 Å². The first-order valence-electron chi connectivity index (χ1n) is 5.51. The maximum Gasteiger partial charge on any atom is 0.255 e. The van der Waals surface area contributed by atoms with Crippen molar-refractivity contribution >= 4 is 34.4 Å². The summed E-state index contributed by atoms with van der Waals surface area (Å²) in [5.41, 5.74) is 2.57. The molecule has 1 N–H and O–H groups in total. The van der Waals surface area contributed by atoms with E-state index in [1.807, 2.05) is 0 Å². The van der Waals surface area contributed by atoms with Crippen molar-refractivity contribution in [2.45, 2.75) is 0 Å². The smallest absolute Gasteiger partial charge is 0.255 e. The molecule has 0 radical (unpaired) electrons. The molecule has 1 amide bonds. The van der Waals surface area contributed by atoms with Crippen molar-refractivity contribution in [3.05, 3.63) is 53.8 Å². The first-order valence-corrected chi connectivity index (χ1v) is 6.25. The number of hydrogen-bond acceptors (Lipinski definition) is 4. The summed E-state index contributed by atoms with van der Waals surface area (Å²) in [6.45, 7) is 0. The second-order valence-corrected chi connectivity index (χ2v) is 4.46. The van der Waals surface area contributed by atoms with Crippen LogP contribution in [0.2, 0.25) is 0 Å². The topological polar surface area (TPSA) is 54.9 Å².